The summed E-state index contributed by atoms with van der Waals surface area (Å²) in [5, 5.41) is 11.2. The molecule has 0 fully saturated rings. The molecule has 18 heavy (non-hydrogen) atoms. The zero-order valence-corrected chi connectivity index (χ0v) is 11.3. The molecule has 3 N–H and O–H groups in total. The van der Waals surface area contributed by atoms with Gasteiger partial charge in [-0.3, -0.25) is 4.79 Å². The van der Waals surface area contributed by atoms with E-state index < -0.39 is 11.7 Å². The molecule has 7 heteroatoms. The van der Waals surface area contributed by atoms with Crippen LogP contribution in [0.5, 0.6) is 0 Å². The number of nitrogens with zero attached hydrogens (tertiary/aromatic N) is 2. The summed E-state index contributed by atoms with van der Waals surface area (Å²) in [5.41, 5.74) is 5.27. The number of hydrogen-bond donors (Lipinski definition) is 2. The second-order valence-corrected chi connectivity index (χ2v) is 4.61. The Balaban J connectivity index is 2.77. The van der Waals surface area contributed by atoms with Crippen LogP contribution in [0.15, 0.2) is 27.8 Å². The molecule has 0 aromatic heterocycles. The minimum absolute atomic E-state index is 0.0179. The van der Waals surface area contributed by atoms with Gasteiger partial charge in [-0.1, -0.05) is 21.1 Å². The van der Waals surface area contributed by atoms with Crippen LogP contribution in [0.1, 0.15) is 16.8 Å². The fourth-order valence-electron chi connectivity index (χ4n) is 1.30. The van der Waals surface area contributed by atoms with Crippen LogP contribution in [0.25, 0.3) is 0 Å². The number of halogens is 2. The Morgan fingerprint density at radius 1 is 1.61 bits per heavy atom. The molecular formula is C11H13BrFN3O2. The number of hydrogen-bond acceptors (Lipinski definition) is 3. The van der Waals surface area contributed by atoms with E-state index in [1.54, 1.807) is 0 Å². The minimum Gasteiger partial charge on any atom is -0.409 e. The number of amidine groups is 1. The highest BCUT2D eigenvalue weighted by molar-refractivity contribution is 9.10. The van der Waals surface area contributed by atoms with Gasteiger partial charge in [-0.05, 0) is 18.2 Å². The molecule has 0 saturated carbocycles. The average molecular weight is 318 g/mol. The van der Waals surface area contributed by atoms with Crippen molar-refractivity contribution >= 4 is 27.7 Å². The summed E-state index contributed by atoms with van der Waals surface area (Å²) < 4.78 is 14.1. The third-order valence-corrected chi connectivity index (χ3v) is 2.83. The molecule has 5 nitrogen and oxygen atoms in total. The average Bonchev–Trinajstić information content (AvgIpc) is 2.37. The lowest BCUT2D eigenvalue weighted by Crippen LogP contribution is -2.31. The molecule has 1 aromatic carbocycles. The predicted molar refractivity (Wildman–Crippen MR) is 69.1 cm³/mol. The first-order valence-corrected chi connectivity index (χ1v) is 5.92. The zero-order valence-electron chi connectivity index (χ0n) is 9.73. The third kappa shape index (κ3) is 3.69. The molecule has 0 aliphatic rings. The van der Waals surface area contributed by atoms with E-state index in [2.05, 4.69) is 21.1 Å². The standard InChI is InChI=1S/C11H13BrFN3O2/c1-16(5-4-10(14)15-18)11(17)8-6-7(12)2-3-9(8)13/h2-3,6,18H,4-5H2,1H3,(H2,14,15). The summed E-state index contributed by atoms with van der Waals surface area (Å²) in [6, 6.07) is 4.15. The van der Waals surface area contributed by atoms with Crippen molar-refractivity contribution in [2.75, 3.05) is 13.6 Å². The summed E-state index contributed by atoms with van der Waals surface area (Å²) >= 11 is 3.18. The van der Waals surface area contributed by atoms with Crippen molar-refractivity contribution in [3.05, 3.63) is 34.1 Å². The summed E-state index contributed by atoms with van der Waals surface area (Å²) in [6.07, 6.45) is 0.217. The molecule has 1 rings (SSSR count). The van der Waals surface area contributed by atoms with E-state index in [0.717, 1.165) is 0 Å². The van der Waals surface area contributed by atoms with Gasteiger partial charge in [0.15, 0.2) is 0 Å². The van der Waals surface area contributed by atoms with Gasteiger partial charge in [-0.15, -0.1) is 0 Å². The Morgan fingerprint density at radius 2 is 2.28 bits per heavy atom. The van der Waals surface area contributed by atoms with Crippen LogP contribution in [0.2, 0.25) is 0 Å². The summed E-state index contributed by atoms with van der Waals surface area (Å²) in [5.74, 6) is -1.03. The molecule has 0 aliphatic heterocycles. The largest absolute Gasteiger partial charge is 0.409 e. The van der Waals surface area contributed by atoms with Gasteiger partial charge in [0, 0.05) is 24.5 Å². The lowest BCUT2D eigenvalue weighted by atomic mass is 10.2. The Labute approximate surface area is 112 Å². The number of oxime groups is 1. The van der Waals surface area contributed by atoms with Crippen molar-refractivity contribution < 1.29 is 14.4 Å². The molecule has 0 aliphatic carbocycles. The van der Waals surface area contributed by atoms with Crippen LogP contribution >= 0.6 is 15.9 Å². The number of carbonyl (C=O) groups excluding carboxylic acids is 1. The number of amides is 1. The lowest BCUT2D eigenvalue weighted by molar-refractivity contribution is 0.0794. The molecule has 1 amide bonds. The molecule has 98 valence electrons. The van der Waals surface area contributed by atoms with Gasteiger partial charge in [-0.25, -0.2) is 4.39 Å². The Morgan fingerprint density at radius 3 is 2.89 bits per heavy atom. The highest BCUT2D eigenvalue weighted by Crippen LogP contribution is 2.17. The fraction of sp³-hybridized carbons (Fsp3) is 0.273. The van der Waals surface area contributed by atoms with Crippen LogP contribution in [-0.2, 0) is 0 Å². The number of benzene rings is 1. The molecule has 0 saturated heterocycles. The van der Waals surface area contributed by atoms with Crippen LogP contribution in [0.3, 0.4) is 0 Å². The maximum atomic E-state index is 13.5. The Hall–Kier alpha value is -1.63. The number of nitrogens with two attached hydrogens (primary N) is 1. The number of rotatable bonds is 4. The van der Waals surface area contributed by atoms with Gasteiger partial charge in [-0.2, -0.15) is 0 Å². The van der Waals surface area contributed by atoms with E-state index in [9.17, 15) is 9.18 Å². The molecule has 1 aromatic rings. The van der Waals surface area contributed by atoms with Gasteiger partial charge < -0.3 is 15.8 Å². The summed E-state index contributed by atoms with van der Waals surface area (Å²) in [4.78, 5) is 13.2. The van der Waals surface area contributed by atoms with Crippen molar-refractivity contribution in [2.45, 2.75) is 6.42 Å². The predicted octanol–water partition coefficient (Wildman–Crippen LogP) is 1.80. The molecule has 0 unspecified atom stereocenters. The van der Waals surface area contributed by atoms with Crippen molar-refractivity contribution in [1.29, 1.82) is 0 Å². The van der Waals surface area contributed by atoms with E-state index in [1.807, 2.05) is 0 Å². The first-order chi connectivity index (χ1) is 8.45. The smallest absolute Gasteiger partial charge is 0.256 e. The van der Waals surface area contributed by atoms with E-state index >= 15 is 0 Å². The van der Waals surface area contributed by atoms with Crippen molar-refractivity contribution in [2.24, 2.45) is 10.9 Å². The quantitative estimate of drug-likeness (QED) is 0.384. The maximum absolute atomic E-state index is 13.5. The molecular weight excluding hydrogens is 305 g/mol. The van der Waals surface area contributed by atoms with Crippen LogP contribution in [0.4, 0.5) is 4.39 Å². The highest BCUT2D eigenvalue weighted by atomic mass is 79.9. The summed E-state index contributed by atoms with van der Waals surface area (Å²) in [6.45, 7) is 0.237. The van der Waals surface area contributed by atoms with Gasteiger partial charge in [0.1, 0.15) is 11.7 Å². The Bertz CT molecular complexity index is 479. The maximum Gasteiger partial charge on any atom is 0.256 e. The van der Waals surface area contributed by atoms with E-state index in [1.165, 1.54) is 30.1 Å². The normalized spacial score (nSPS) is 11.4. The second kappa shape index (κ2) is 6.34. The fourth-order valence-corrected chi connectivity index (χ4v) is 1.66. The highest BCUT2D eigenvalue weighted by Gasteiger charge is 2.16. The molecule has 0 bridgehead atoms. The van der Waals surface area contributed by atoms with Crippen LogP contribution in [0, 0.1) is 5.82 Å². The van der Waals surface area contributed by atoms with Gasteiger partial charge in [0.05, 0.1) is 5.56 Å². The molecule has 0 atom stereocenters. The Kier molecular flexibility index (Phi) is 5.08. The van der Waals surface area contributed by atoms with Crippen molar-refractivity contribution in [3.63, 3.8) is 0 Å². The first kappa shape index (κ1) is 14.4. The van der Waals surface area contributed by atoms with E-state index in [-0.39, 0.29) is 24.4 Å². The van der Waals surface area contributed by atoms with Crippen LogP contribution < -0.4 is 5.73 Å². The SMILES string of the molecule is CN(CC/C(N)=N/O)C(=O)c1cc(Br)ccc1F. The van der Waals surface area contributed by atoms with Crippen molar-refractivity contribution in [3.8, 4) is 0 Å². The van der Waals surface area contributed by atoms with Gasteiger partial charge in [0.2, 0.25) is 0 Å². The van der Waals surface area contributed by atoms with Crippen LogP contribution in [-0.4, -0.2) is 35.4 Å². The first-order valence-electron chi connectivity index (χ1n) is 5.12. The number of carbonyl (C=O) groups is 1. The van der Waals surface area contributed by atoms with E-state index in [4.69, 9.17) is 10.9 Å². The molecule has 0 heterocycles. The van der Waals surface area contributed by atoms with E-state index in [0.29, 0.717) is 4.47 Å². The minimum atomic E-state index is -0.584. The van der Waals surface area contributed by atoms with Gasteiger partial charge >= 0.3 is 0 Å². The van der Waals surface area contributed by atoms with Crippen molar-refractivity contribution in [1.82, 2.24) is 4.90 Å². The second-order valence-electron chi connectivity index (χ2n) is 3.69. The molecule has 0 spiro atoms. The summed E-state index contributed by atoms with van der Waals surface area (Å²) in [7, 11) is 1.52. The third-order valence-electron chi connectivity index (χ3n) is 2.34. The lowest BCUT2D eigenvalue weighted by Gasteiger charge is -2.17. The topological polar surface area (TPSA) is 78.9 Å². The monoisotopic (exact) mass is 317 g/mol. The zero-order chi connectivity index (χ0) is 13.7. The van der Waals surface area contributed by atoms with Gasteiger partial charge in [0.25, 0.3) is 5.91 Å². The molecule has 0 radical (unpaired) electrons.